The summed E-state index contributed by atoms with van der Waals surface area (Å²) in [5.41, 5.74) is 0. The SMILES string of the molecule is COCCNCc1ncc(C2CCCCCC2)o1. The van der Waals surface area contributed by atoms with Gasteiger partial charge in [-0.15, -0.1) is 0 Å². The predicted octanol–water partition coefficient (Wildman–Crippen LogP) is 2.85. The Hall–Kier alpha value is -0.870. The van der Waals surface area contributed by atoms with E-state index in [-0.39, 0.29) is 0 Å². The molecule has 1 heterocycles. The van der Waals surface area contributed by atoms with Crippen LogP contribution in [-0.2, 0) is 11.3 Å². The summed E-state index contributed by atoms with van der Waals surface area (Å²) in [4.78, 5) is 4.35. The summed E-state index contributed by atoms with van der Waals surface area (Å²) in [6.45, 7) is 2.24. The number of nitrogens with one attached hydrogen (secondary N) is 1. The molecule has 102 valence electrons. The second-order valence-corrected chi connectivity index (χ2v) is 5.01. The minimum Gasteiger partial charge on any atom is -0.444 e. The normalized spacial score (nSPS) is 17.8. The lowest BCUT2D eigenvalue weighted by molar-refractivity contribution is 0.198. The van der Waals surface area contributed by atoms with Gasteiger partial charge in [-0.25, -0.2) is 4.98 Å². The van der Waals surface area contributed by atoms with Gasteiger partial charge in [-0.3, -0.25) is 0 Å². The minimum atomic E-state index is 0.590. The topological polar surface area (TPSA) is 47.3 Å². The Balaban J connectivity index is 1.81. The maximum absolute atomic E-state index is 5.84. The molecule has 1 aromatic rings. The van der Waals surface area contributed by atoms with Crippen molar-refractivity contribution in [3.05, 3.63) is 17.8 Å². The quantitative estimate of drug-likeness (QED) is 0.624. The van der Waals surface area contributed by atoms with Crippen LogP contribution in [0.25, 0.3) is 0 Å². The molecule has 1 aliphatic carbocycles. The summed E-state index contributed by atoms with van der Waals surface area (Å²) >= 11 is 0. The minimum absolute atomic E-state index is 0.590. The highest BCUT2D eigenvalue weighted by atomic mass is 16.5. The van der Waals surface area contributed by atoms with Crippen LogP contribution in [0.2, 0.25) is 0 Å². The number of aromatic nitrogens is 1. The summed E-state index contributed by atoms with van der Waals surface area (Å²) in [6.07, 6.45) is 9.83. The van der Waals surface area contributed by atoms with Crippen LogP contribution in [0, 0.1) is 0 Å². The summed E-state index contributed by atoms with van der Waals surface area (Å²) in [7, 11) is 1.71. The molecular formula is C14H24N2O2. The van der Waals surface area contributed by atoms with Crippen LogP contribution >= 0.6 is 0 Å². The Kier molecular flexibility index (Phi) is 5.68. The van der Waals surface area contributed by atoms with Gasteiger partial charge in [-0.2, -0.15) is 0 Å². The highest BCUT2D eigenvalue weighted by molar-refractivity contribution is 5.02. The second-order valence-electron chi connectivity index (χ2n) is 5.01. The van der Waals surface area contributed by atoms with Gasteiger partial charge < -0.3 is 14.5 Å². The molecule has 0 spiro atoms. The number of nitrogens with zero attached hydrogens (tertiary/aromatic N) is 1. The van der Waals surface area contributed by atoms with Crippen LogP contribution < -0.4 is 5.32 Å². The van der Waals surface area contributed by atoms with Crippen molar-refractivity contribution in [2.45, 2.75) is 51.0 Å². The van der Waals surface area contributed by atoms with Gasteiger partial charge >= 0.3 is 0 Å². The first-order valence-electron chi connectivity index (χ1n) is 7.04. The van der Waals surface area contributed by atoms with Gasteiger partial charge in [0.25, 0.3) is 0 Å². The smallest absolute Gasteiger partial charge is 0.208 e. The molecule has 18 heavy (non-hydrogen) atoms. The van der Waals surface area contributed by atoms with Gasteiger partial charge in [0.05, 0.1) is 19.3 Å². The maximum Gasteiger partial charge on any atom is 0.208 e. The van der Waals surface area contributed by atoms with Gasteiger partial charge in [-0.05, 0) is 12.8 Å². The molecule has 1 aromatic heterocycles. The Labute approximate surface area is 109 Å². The number of hydrogen-bond donors (Lipinski definition) is 1. The Morgan fingerprint density at radius 3 is 2.83 bits per heavy atom. The highest BCUT2D eigenvalue weighted by Gasteiger charge is 2.18. The van der Waals surface area contributed by atoms with Crippen molar-refractivity contribution < 1.29 is 9.15 Å². The first-order valence-corrected chi connectivity index (χ1v) is 7.04. The molecule has 4 heteroatoms. The summed E-state index contributed by atoms with van der Waals surface area (Å²) in [5, 5.41) is 3.25. The Morgan fingerprint density at radius 2 is 2.11 bits per heavy atom. The molecular weight excluding hydrogens is 228 g/mol. The number of methoxy groups -OCH3 is 1. The lowest BCUT2D eigenvalue weighted by Crippen LogP contribution is -2.18. The molecule has 1 fully saturated rings. The van der Waals surface area contributed by atoms with Crippen LogP contribution in [0.4, 0.5) is 0 Å². The monoisotopic (exact) mass is 252 g/mol. The number of oxazole rings is 1. The van der Waals surface area contributed by atoms with Crippen molar-refractivity contribution in [3.63, 3.8) is 0 Å². The van der Waals surface area contributed by atoms with Gasteiger partial charge in [0.1, 0.15) is 5.76 Å². The third-order valence-electron chi connectivity index (χ3n) is 3.59. The van der Waals surface area contributed by atoms with Gasteiger partial charge in [-0.1, -0.05) is 25.7 Å². The molecule has 1 aliphatic rings. The molecule has 0 unspecified atom stereocenters. The standard InChI is InChI=1S/C14H24N2O2/c1-17-9-8-15-11-14-16-10-13(18-14)12-6-4-2-3-5-7-12/h10,12,15H,2-9,11H2,1H3. The van der Waals surface area contributed by atoms with Crippen LogP contribution in [0.1, 0.15) is 56.1 Å². The largest absolute Gasteiger partial charge is 0.444 e. The van der Waals surface area contributed by atoms with Crippen molar-refractivity contribution >= 4 is 0 Å². The lowest BCUT2D eigenvalue weighted by Gasteiger charge is -2.09. The van der Waals surface area contributed by atoms with Crippen LogP contribution in [0.3, 0.4) is 0 Å². The number of rotatable bonds is 6. The summed E-state index contributed by atoms with van der Waals surface area (Å²) in [6, 6.07) is 0. The van der Waals surface area contributed by atoms with Crippen molar-refractivity contribution in [2.24, 2.45) is 0 Å². The van der Waals surface area contributed by atoms with Crippen LogP contribution in [-0.4, -0.2) is 25.2 Å². The number of hydrogen-bond acceptors (Lipinski definition) is 4. The van der Waals surface area contributed by atoms with Crippen LogP contribution in [0.15, 0.2) is 10.6 Å². The Morgan fingerprint density at radius 1 is 1.33 bits per heavy atom. The lowest BCUT2D eigenvalue weighted by atomic mass is 9.98. The van der Waals surface area contributed by atoms with Crippen LogP contribution in [0.5, 0.6) is 0 Å². The van der Waals surface area contributed by atoms with E-state index in [1.54, 1.807) is 7.11 Å². The molecule has 1 saturated carbocycles. The first-order chi connectivity index (χ1) is 8.90. The maximum atomic E-state index is 5.84. The fourth-order valence-corrected chi connectivity index (χ4v) is 2.53. The number of ether oxygens (including phenoxy) is 1. The fraction of sp³-hybridized carbons (Fsp3) is 0.786. The van der Waals surface area contributed by atoms with E-state index in [0.717, 1.165) is 24.8 Å². The van der Waals surface area contributed by atoms with Crippen molar-refractivity contribution in [1.82, 2.24) is 10.3 Å². The zero-order valence-electron chi connectivity index (χ0n) is 11.3. The molecule has 1 N–H and O–H groups in total. The van der Waals surface area contributed by atoms with E-state index in [0.29, 0.717) is 12.5 Å². The molecule has 0 amide bonds. The summed E-state index contributed by atoms with van der Waals surface area (Å²) in [5.74, 6) is 2.47. The zero-order valence-corrected chi connectivity index (χ0v) is 11.3. The van der Waals surface area contributed by atoms with Gasteiger partial charge in [0.2, 0.25) is 5.89 Å². The molecule has 0 aliphatic heterocycles. The second kappa shape index (κ2) is 7.54. The molecule has 2 rings (SSSR count). The predicted molar refractivity (Wildman–Crippen MR) is 70.5 cm³/mol. The van der Waals surface area contributed by atoms with E-state index in [1.807, 2.05) is 6.20 Å². The van der Waals surface area contributed by atoms with Crippen molar-refractivity contribution in [3.8, 4) is 0 Å². The van der Waals surface area contributed by atoms with Crippen molar-refractivity contribution in [1.29, 1.82) is 0 Å². The van der Waals surface area contributed by atoms with E-state index in [1.165, 1.54) is 38.5 Å². The van der Waals surface area contributed by atoms with E-state index in [9.17, 15) is 0 Å². The van der Waals surface area contributed by atoms with E-state index >= 15 is 0 Å². The van der Waals surface area contributed by atoms with Crippen molar-refractivity contribution in [2.75, 3.05) is 20.3 Å². The highest BCUT2D eigenvalue weighted by Crippen LogP contribution is 2.31. The van der Waals surface area contributed by atoms with E-state index in [2.05, 4.69) is 10.3 Å². The average molecular weight is 252 g/mol. The average Bonchev–Trinajstić information content (AvgIpc) is 2.69. The zero-order chi connectivity index (χ0) is 12.6. The first kappa shape index (κ1) is 13.6. The molecule has 4 nitrogen and oxygen atoms in total. The third kappa shape index (κ3) is 4.10. The fourth-order valence-electron chi connectivity index (χ4n) is 2.53. The molecule has 0 radical (unpaired) electrons. The molecule has 0 bridgehead atoms. The van der Waals surface area contributed by atoms with E-state index < -0.39 is 0 Å². The molecule has 0 saturated heterocycles. The van der Waals surface area contributed by atoms with Gasteiger partial charge in [0.15, 0.2) is 0 Å². The van der Waals surface area contributed by atoms with E-state index in [4.69, 9.17) is 9.15 Å². The Bertz CT molecular complexity index is 330. The molecule has 0 aromatic carbocycles. The van der Waals surface area contributed by atoms with Gasteiger partial charge in [0, 0.05) is 19.6 Å². The summed E-state index contributed by atoms with van der Waals surface area (Å²) < 4.78 is 10.8. The third-order valence-corrected chi connectivity index (χ3v) is 3.59. The molecule has 0 atom stereocenters.